The van der Waals surface area contributed by atoms with Gasteiger partial charge in [0.1, 0.15) is 0 Å². The van der Waals surface area contributed by atoms with Gasteiger partial charge < -0.3 is 20.2 Å². The molecular formula is C22H24N4O. The second-order valence-corrected chi connectivity index (χ2v) is 7.69. The van der Waals surface area contributed by atoms with Crippen LogP contribution in [0.5, 0.6) is 0 Å². The van der Waals surface area contributed by atoms with Crippen molar-refractivity contribution in [2.45, 2.75) is 38.9 Å². The fourth-order valence-corrected chi connectivity index (χ4v) is 4.75. The number of aromatic amines is 1. The highest BCUT2D eigenvalue weighted by Gasteiger charge is 2.30. The Balaban J connectivity index is 1.96. The molecule has 0 unspecified atom stereocenters. The number of hydrogen-bond donors (Lipinski definition) is 3. The number of nitrogens with one attached hydrogen (secondary N) is 3. The Morgan fingerprint density at radius 1 is 1.19 bits per heavy atom. The molecule has 5 heteroatoms. The second-order valence-electron chi connectivity index (χ2n) is 7.69. The number of benzene rings is 2. The zero-order chi connectivity index (χ0) is 18.7. The predicted octanol–water partition coefficient (Wildman–Crippen LogP) is 4.08. The van der Waals surface area contributed by atoms with Crippen molar-refractivity contribution in [1.29, 1.82) is 0 Å². The number of carbonyl (C=O) groups excluding carboxylic acids is 1. The zero-order valence-electron chi connectivity index (χ0n) is 15.9. The van der Waals surface area contributed by atoms with Crippen LogP contribution >= 0.6 is 0 Å². The lowest BCUT2D eigenvalue weighted by molar-refractivity contribution is 0.0967. The fourth-order valence-electron chi connectivity index (χ4n) is 4.75. The van der Waals surface area contributed by atoms with E-state index in [9.17, 15) is 4.79 Å². The van der Waals surface area contributed by atoms with E-state index < -0.39 is 0 Å². The van der Waals surface area contributed by atoms with Gasteiger partial charge in [0.15, 0.2) is 0 Å². The maximum atomic E-state index is 12.8. The van der Waals surface area contributed by atoms with Crippen LogP contribution in [0.2, 0.25) is 0 Å². The number of aromatic nitrogens is 2. The van der Waals surface area contributed by atoms with E-state index in [0.29, 0.717) is 18.6 Å². The van der Waals surface area contributed by atoms with Crippen molar-refractivity contribution in [3.8, 4) is 0 Å². The normalized spacial score (nSPS) is 16.2. The van der Waals surface area contributed by atoms with Crippen LogP contribution in [0.4, 0.5) is 0 Å². The van der Waals surface area contributed by atoms with E-state index in [1.165, 1.54) is 5.52 Å². The maximum Gasteiger partial charge on any atom is 0.252 e. The molecule has 1 aliphatic heterocycles. The Hall–Kier alpha value is -2.79. The lowest BCUT2D eigenvalue weighted by Crippen LogP contribution is -2.24. The molecule has 0 saturated carbocycles. The van der Waals surface area contributed by atoms with Crippen LogP contribution in [0.15, 0.2) is 36.5 Å². The number of carbonyl (C=O) groups is 1. The van der Waals surface area contributed by atoms with Crippen LogP contribution in [-0.2, 0) is 6.54 Å². The van der Waals surface area contributed by atoms with E-state index in [1.54, 1.807) is 0 Å². The minimum atomic E-state index is 0.0391. The quantitative estimate of drug-likeness (QED) is 0.513. The molecule has 2 aromatic heterocycles. The van der Waals surface area contributed by atoms with E-state index in [4.69, 9.17) is 0 Å². The number of H-pyrrole nitrogens is 1. The van der Waals surface area contributed by atoms with E-state index in [0.717, 1.165) is 44.7 Å². The summed E-state index contributed by atoms with van der Waals surface area (Å²) >= 11 is 0. The van der Waals surface area contributed by atoms with Crippen LogP contribution in [0.1, 0.15) is 42.2 Å². The van der Waals surface area contributed by atoms with Gasteiger partial charge in [-0.25, -0.2) is 0 Å². The molecule has 0 saturated heterocycles. The lowest BCUT2D eigenvalue weighted by Gasteiger charge is -2.21. The van der Waals surface area contributed by atoms with Gasteiger partial charge in [-0.3, -0.25) is 4.79 Å². The third-order valence-corrected chi connectivity index (χ3v) is 6.05. The summed E-state index contributed by atoms with van der Waals surface area (Å²) in [7, 11) is 2.00. The summed E-state index contributed by atoms with van der Waals surface area (Å²) in [6.45, 7) is 5.08. The minimum absolute atomic E-state index is 0.0391. The monoisotopic (exact) mass is 360 g/mol. The van der Waals surface area contributed by atoms with Crippen LogP contribution in [0, 0.1) is 0 Å². The van der Waals surface area contributed by atoms with Crippen molar-refractivity contribution in [2.24, 2.45) is 0 Å². The molecule has 0 aliphatic carbocycles. The van der Waals surface area contributed by atoms with Gasteiger partial charge in [-0.15, -0.1) is 0 Å². The lowest BCUT2D eigenvalue weighted by atomic mass is 9.98. The van der Waals surface area contributed by atoms with Gasteiger partial charge in [-0.05, 0) is 45.0 Å². The number of fused-ring (bicyclic) bond motifs is 8. The van der Waals surface area contributed by atoms with Crippen molar-refractivity contribution in [3.05, 3.63) is 47.7 Å². The Bertz CT molecular complexity index is 1200. The summed E-state index contributed by atoms with van der Waals surface area (Å²) < 4.78 is 2.42. The van der Waals surface area contributed by atoms with Crippen LogP contribution in [-0.4, -0.2) is 28.5 Å². The summed E-state index contributed by atoms with van der Waals surface area (Å²) in [5.41, 5.74) is 5.42. The van der Waals surface area contributed by atoms with E-state index in [2.05, 4.69) is 64.4 Å². The molecule has 27 heavy (non-hydrogen) atoms. The average molecular weight is 360 g/mol. The number of para-hydroxylation sites is 1. The zero-order valence-corrected chi connectivity index (χ0v) is 15.9. The predicted molar refractivity (Wildman–Crippen MR) is 110 cm³/mol. The molecule has 1 amide bonds. The topological polar surface area (TPSA) is 61.9 Å². The molecule has 0 spiro atoms. The van der Waals surface area contributed by atoms with Gasteiger partial charge in [-0.2, -0.15) is 0 Å². The first-order chi connectivity index (χ1) is 13.1. The molecule has 138 valence electrons. The van der Waals surface area contributed by atoms with E-state index in [1.807, 2.05) is 13.2 Å². The standard InChI is InChI=1S/C22H24N4O/c1-12(23-3)10-13(2)26-17-7-5-4-6-15(17)18-19-16(11-25-22(19)27)14-8-9-24-20(14)21(18)26/h4-9,12-13,23-24H,10-11H2,1-3H3,(H,25,27)/t12-,13+/m0/s1. The van der Waals surface area contributed by atoms with Crippen molar-refractivity contribution in [3.63, 3.8) is 0 Å². The molecule has 3 heterocycles. The minimum Gasteiger partial charge on any atom is -0.359 e. The van der Waals surface area contributed by atoms with Gasteiger partial charge in [-0.1, -0.05) is 18.2 Å². The summed E-state index contributed by atoms with van der Waals surface area (Å²) in [5, 5.41) is 9.76. The van der Waals surface area contributed by atoms with Gasteiger partial charge in [0, 0.05) is 46.5 Å². The van der Waals surface area contributed by atoms with E-state index >= 15 is 0 Å². The SMILES string of the molecule is CN[C@@H](C)C[C@@H](C)n1c2ccccc2c2c3c(c4cc[nH]c4c21)CNC3=O. The van der Waals surface area contributed by atoms with Crippen LogP contribution in [0.3, 0.4) is 0 Å². The molecule has 4 aromatic rings. The largest absolute Gasteiger partial charge is 0.359 e. The summed E-state index contributed by atoms with van der Waals surface area (Å²) in [5.74, 6) is 0.0391. The molecule has 2 atom stereocenters. The van der Waals surface area contributed by atoms with Gasteiger partial charge >= 0.3 is 0 Å². The van der Waals surface area contributed by atoms with Gasteiger partial charge in [0.25, 0.3) is 5.91 Å². The highest BCUT2D eigenvalue weighted by Crippen LogP contribution is 2.42. The number of nitrogens with zero attached hydrogens (tertiary/aromatic N) is 1. The highest BCUT2D eigenvalue weighted by atomic mass is 16.1. The first kappa shape index (κ1) is 16.4. The molecule has 5 nitrogen and oxygen atoms in total. The molecule has 5 rings (SSSR count). The Labute approximate surface area is 157 Å². The fraction of sp³-hybridized carbons (Fsp3) is 0.318. The molecular weight excluding hydrogens is 336 g/mol. The summed E-state index contributed by atoms with van der Waals surface area (Å²) in [4.78, 5) is 16.2. The third kappa shape index (κ3) is 2.18. The maximum absolute atomic E-state index is 12.8. The van der Waals surface area contributed by atoms with E-state index in [-0.39, 0.29) is 5.91 Å². The second kappa shape index (κ2) is 5.86. The Morgan fingerprint density at radius 2 is 2.00 bits per heavy atom. The molecule has 0 fully saturated rings. The first-order valence-corrected chi connectivity index (χ1v) is 9.61. The number of rotatable bonds is 4. The average Bonchev–Trinajstić information content (AvgIpc) is 3.36. The molecule has 3 N–H and O–H groups in total. The number of hydrogen-bond acceptors (Lipinski definition) is 2. The summed E-state index contributed by atoms with van der Waals surface area (Å²) in [6, 6.07) is 11.3. The van der Waals surface area contributed by atoms with Crippen LogP contribution in [0.25, 0.3) is 32.7 Å². The highest BCUT2D eigenvalue weighted by molar-refractivity contribution is 6.26. The van der Waals surface area contributed by atoms with Crippen molar-refractivity contribution in [1.82, 2.24) is 20.2 Å². The van der Waals surface area contributed by atoms with Gasteiger partial charge in [0.2, 0.25) is 0 Å². The molecule has 0 radical (unpaired) electrons. The Kier molecular flexibility index (Phi) is 3.56. The Morgan fingerprint density at radius 3 is 2.81 bits per heavy atom. The van der Waals surface area contributed by atoms with Crippen molar-refractivity contribution < 1.29 is 4.79 Å². The van der Waals surface area contributed by atoms with Crippen LogP contribution < -0.4 is 10.6 Å². The van der Waals surface area contributed by atoms with Gasteiger partial charge in [0.05, 0.1) is 16.6 Å². The third-order valence-electron chi connectivity index (χ3n) is 6.05. The number of amides is 1. The smallest absolute Gasteiger partial charge is 0.252 e. The first-order valence-electron chi connectivity index (χ1n) is 9.61. The summed E-state index contributed by atoms with van der Waals surface area (Å²) in [6.07, 6.45) is 2.99. The van der Waals surface area contributed by atoms with Crippen molar-refractivity contribution in [2.75, 3.05) is 7.05 Å². The van der Waals surface area contributed by atoms with Crippen molar-refractivity contribution >= 4 is 38.6 Å². The molecule has 1 aliphatic rings. The molecule has 2 aromatic carbocycles. The molecule has 0 bridgehead atoms.